The van der Waals surface area contributed by atoms with E-state index in [9.17, 15) is 14.4 Å². The molecule has 0 spiro atoms. The number of Topliss-reactive ketones (excluding diaryl/α,β-unsaturated/α-hetero) is 2. The van der Waals surface area contributed by atoms with Crippen LogP contribution in [-0.4, -0.2) is 17.9 Å². The van der Waals surface area contributed by atoms with E-state index in [2.05, 4.69) is 26.0 Å². The molecule has 312 valence electrons. The van der Waals surface area contributed by atoms with Crippen molar-refractivity contribution in [3.63, 3.8) is 0 Å². The highest BCUT2D eigenvalue weighted by molar-refractivity contribution is 5.93. The first kappa shape index (κ1) is 51.8. The van der Waals surface area contributed by atoms with Gasteiger partial charge in [-0.15, -0.1) is 0 Å². The van der Waals surface area contributed by atoms with Gasteiger partial charge in [0.15, 0.2) is 0 Å². The lowest BCUT2D eigenvalue weighted by molar-refractivity contribution is -0.127. The summed E-state index contributed by atoms with van der Waals surface area (Å²) in [6.45, 7) is 4.55. The largest absolute Gasteiger partial charge is 0.303 e. The van der Waals surface area contributed by atoms with Gasteiger partial charge in [0, 0.05) is 19.3 Å². The molecule has 0 saturated carbocycles. The molecule has 0 aliphatic rings. The second-order valence-corrected chi connectivity index (χ2v) is 16.9. The van der Waals surface area contributed by atoms with Gasteiger partial charge in [-0.05, 0) is 51.4 Å². The van der Waals surface area contributed by atoms with Crippen LogP contribution in [0.4, 0.5) is 0 Å². The zero-order valence-corrected chi connectivity index (χ0v) is 36.2. The van der Waals surface area contributed by atoms with Crippen LogP contribution in [0.15, 0.2) is 12.2 Å². The van der Waals surface area contributed by atoms with Gasteiger partial charge in [0.2, 0.25) is 0 Å². The third-order valence-electron chi connectivity index (χ3n) is 11.5. The molecule has 3 heteroatoms. The summed E-state index contributed by atoms with van der Waals surface area (Å²) in [7, 11) is 0. The molecule has 0 aliphatic carbocycles. The Morgan fingerprint density at radius 3 is 0.981 bits per heavy atom. The number of hydrogen-bond acceptors (Lipinski definition) is 3. The number of ketones is 2. The van der Waals surface area contributed by atoms with Crippen LogP contribution in [0.2, 0.25) is 0 Å². The lowest BCUT2D eigenvalue weighted by Gasteiger charge is -2.09. The number of aldehydes is 1. The van der Waals surface area contributed by atoms with E-state index >= 15 is 0 Å². The highest BCUT2D eigenvalue weighted by Crippen LogP contribution is 2.18. The van der Waals surface area contributed by atoms with Gasteiger partial charge in [-0.2, -0.15) is 0 Å². The van der Waals surface area contributed by atoms with Gasteiger partial charge in [0.25, 0.3) is 0 Å². The second kappa shape index (κ2) is 45.1. The first-order valence-corrected chi connectivity index (χ1v) is 24.3. The summed E-state index contributed by atoms with van der Waals surface area (Å²) in [4.78, 5) is 36.3. The molecule has 3 nitrogen and oxygen atoms in total. The highest BCUT2D eigenvalue weighted by atomic mass is 16.1. The van der Waals surface area contributed by atoms with Crippen LogP contribution in [-0.2, 0) is 14.4 Å². The van der Waals surface area contributed by atoms with Crippen molar-refractivity contribution in [3.8, 4) is 0 Å². The minimum Gasteiger partial charge on any atom is -0.303 e. The number of carbonyl (C=O) groups excluding carboxylic acids is 3. The Morgan fingerprint density at radius 1 is 0.358 bits per heavy atom. The Hall–Kier alpha value is -1.25. The Kier molecular flexibility index (Phi) is 44.1. The first-order chi connectivity index (χ1) is 26.2. The molecule has 0 amide bonds. The Balaban J connectivity index is 3.40. The predicted octanol–water partition coefficient (Wildman–Crippen LogP) is 16.9. The number of hydrogen-bond donors (Lipinski definition) is 0. The van der Waals surface area contributed by atoms with Crippen LogP contribution in [0.25, 0.3) is 0 Å². The van der Waals surface area contributed by atoms with Crippen molar-refractivity contribution in [2.75, 3.05) is 0 Å². The maximum atomic E-state index is 12.5. The first-order valence-electron chi connectivity index (χ1n) is 24.3. The minimum atomic E-state index is -0.359. The normalized spacial score (nSPS) is 12.2. The predicted molar refractivity (Wildman–Crippen MR) is 234 cm³/mol. The van der Waals surface area contributed by atoms with E-state index in [1.165, 1.54) is 205 Å². The van der Waals surface area contributed by atoms with Crippen LogP contribution in [0.1, 0.15) is 284 Å². The fourth-order valence-electron chi connectivity index (χ4n) is 7.78. The van der Waals surface area contributed by atoms with Gasteiger partial charge in [-0.25, -0.2) is 0 Å². The van der Waals surface area contributed by atoms with E-state index in [1.807, 2.05) is 0 Å². The van der Waals surface area contributed by atoms with Gasteiger partial charge in [0.05, 0.1) is 5.92 Å². The maximum Gasteiger partial charge on any atom is 0.143 e. The monoisotopic (exact) mass is 743 g/mol. The molecular weight excluding hydrogens is 649 g/mol. The zero-order chi connectivity index (χ0) is 38.6. The number of allylic oxidation sites excluding steroid dienone is 2. The van der Waals surface area contributed by atoms with E-state index in [1.54, 1.807) is 0 Å². The van der Waals surface area contributed by atoms with Crippen LogP contribution in [0.5, 0.6) is 0 Å². The molecule has 1 unspecified atom stereocenters. The van der Waals surface area contributed by atoms with E-state index in [0.717, 1.165) is 64.1 Å². The molecule has 1 atom stereocenters. The summed E-state index contributed by atoms with van der Waals surface area (Å²) in [5, 5.41) is 0. The summed E-state index contributed by atoms with van der Waals surface area (Å²) >= 11 is 0. The Morgan fingerprint density at radius 2 is 0.642 bits per heavy atom. The van der Waals surface area contributed by atoms with E-state index in [0.29, 0.717) is 12.2 Å². The van der Waals surface area contributed by atoms with Crippen LogP contribution in [0, 0.1) is 5.92 Å². The van der Waals surface area contributed by atoms with Crippen LogP contribution >= 0.6 is 0 Å². The summed E-state index contributed by atoms with van der Waals surface area (Å²) < 4.78 is 0. The molecule has 0 heterocycles. The quantitative estimate of drug-likeness (QED) is 0.0270. The third-order valence-corrected chi connectivity index (χ3v) is 11.5. The van der Waals surface area contributed by atoms with Gasteiger partial charge >= 0.3 is 0 Å². The molecule has 0 radical (unpaired) electrons. The summed E-state index contributed by atoms with van der Waals surface area (Å²) in [5.41, 5.74) is 0. The topological polar surface area (TPSA) is 51.2 Å². The molecule has 0 saturated heterocycles. The van der Waals surface area contributed by atoms with Crippen molar-refractivity contribution in [3.05, 3.63) is 12.2 Å². The molecule has 53 heavy (non-hydrogen) atoms. The lowest BCUT2D eigenvalue weighted by atomic mass is 9.94. The number of rotatable bonds is 46. The average molecular weight is 743 g/mol. The SMILES string of the molecule is CCCCCCCC/C=C\CCCCCCCC(=O)CCCCCCCCCCCCCCC(C=O)C(=O)CCCCCCCCCCCCCCC. The fraction of sp³-hybridized carbons (Fsp3) is 0.900. The number of unbranched alkanes of at least 4 members (excludes halogenated alkanes) is 34. The van der Waals surface area contributed by atoms with Crippen molar-refractivity contribution in [1.82, 2.24) is 0 Å². The van der Waals surface area contributed by atoms with Crippen molar-refractivity contribution in [1.29, 1.82) is 0 Å². The van der Waals surface area contributed by atoms with Gasteiger partial charge < -0.3 is 4.79 Å². The highest BCUT2D eigenvalue weighted by Gasteiger charge is 2.16. The Bertz CT molecular complexity index is 786. The average Bonchev–Trinajstić information content (AvgIpc) is 3.16. The summed E-state index contributed by atoms with van der Waals surface area (Å²) in [5.74, 6) is 0.312. The fourth-order valence-corrected chi connectivity index (χ4v) is 7.78. The summed E-state index contributed by atoms with van der Waals surface area (Å²) in [6.07, 6.45) is 57.5. The molecular formula is C50H94O3. The van der Waals surface area contributed by atoms with Crippen LogP contribution < -0.4 is 0 Å². The van der Waals surface area contributed by atoms with Gasteiger partial charge in [0.1, 0.15) is 17.9 Å². The van der Waals surface area contributed by atoms with Crippen molar-refractivity contribution in [2.24, 2.45) is 5.92 Å². The molecule has 0 aromatic carbocycles. The van der Waals surface area contributed by atoms with Crippen molar-refractivity contribution >= 4 is 17.9 Å². The van der Waals surface area contributed by atoms with E-state index in [4.69, 9.17) is 0 Å². The standard InChI is InChI=1S/C50H94O3/c1-3-5-7-9-11-13-15-17-18-20-24-28-32-36-40-44-49(52)45-41-37-33-29-25-22-21-23-27-31-35-39-43-48(47-51)50(53)46-42-38-34-30-26-19-16-14-12-10-8-6-4-2/h17-18,47-48H,3-16,19-46H2,1-2H3/b18-17-. The van der Waals surface area contributed by atoms with Gasteiger partial charge in [-0.1, -0.05) is 225 Å². The lowest BCUT2D eigenvalue weighted by Crippen LogP contribution is -2.15. The zero-order valence-electron chi connectivity index (χ0n) is 36.2. The molecule has 0 aromatic rings. The van der Waals surface area contributed by atoms with Crippen molar-refractivity contribution < 1.29 is 14.4 Å². The molecule has 0 N–H and O–H groups in total. The maximum absolute atomic E-state index is 12.5. The molecule has 0 rings (SSSR count). The Labute approximate surface area is 332 Å². The van der Waals surface area contributed by atoms with Gasteiger partial charge in [-0.3, -0.25) is 9.59 Å². The van der Waals surface area contributed by atoms with E-state index < -0.39 is 0 Å². The molecule has 0 bridgehead atoms. The number of carbonyl (C=O) groups is 3. The molecule has 0 fully saturated rings. The van der Waals surface area contributed by atoms with Crippen molar-refractivity contribution in [2.45, 2.75) is 284 Å². The minimum absolute atomic E-state index is 0.184. The molecule has 0 aromatic heterocycles. The molecule has 0 aliphatic heterocycles. The summed E-state index contributed by atoms with van der Waals surface area (Å²) in [6, 6.07) is 0. The third kappa shape index (κ3) is 41.7. The van der Waals surface area contributed by atoms with Crippen LogP contribution in [0.3, 0.4) is 0 Å². The second-order valence-electron chi connectivity index (χ2n) is 16.9. The van der Waals surface area contributed by atoms with E-state index in [-0.39, 0.29) is 11.7 Å². The smallest absolute Gasteiger partial charge is 0.143 e.